The van der Waals surface area contributed by atoms with Gasteiger partial charge in [-0.05, 0) is 28.5 Å². The first-order valence-corrected chi connectivity index (χ1v) is 9.48. The van der Waals surface area contributed by atoms with Crippen molar-refractivity contribution in [1.29, 1.82) is 0 Å². The van der Waals surface area contributed by atoms with Gasteiger partial charge in [-0.3, -0.25) is 0 Å². The Balaban J connectivity index is 2.58. The maximum atomic E-state index is 3.09. The van der Waals surface area contributed by atoms with Crippen molar-refractivity contribution < 1.29 is 0 Å². The molecule has 1 aromatic carbocycles. The Labute approximate surface area is 105 Å². The molecule has 0 aromatic heterocycles. The second-order valence-corrected chi connectivity index (χ2v) is 10.3. The average molecular weight is 241 g/mol. The summed E-state index contributed by atoms with van der Waals surface area (Å²) in [4.78, 5) is 0. The molecule has 0 aliphatic carbocycles. The van der Waals surface area contributed by atoms with Gasteiger partial charge < -0.3 is 5.32 Å². The van der Waals surface area contributed by atoms with E-state index in [0.717, 1.165) is 0 Å². The van der Waals surface area contributed by atoms with Gasteiger partial charge >= 0.3 is 0 Å². The smallest absolute Gasteiger partial charge is 0.0791 e. The number of allylic oxidation sites excluding steroid dienone is 3. The summed E-state index contributed by atoms with van der Waals surface area (Å²) in [5.74, 6) is 0. The van der Waals surface area contributed by atoms with Crippen LogP contribution in [0.3, 0.4) is 0 Å². The molecule has 0 unspecified atom stereocenters. The molecule has 0 fully saturated rings. The van der Waals surface area contributed by atoms with Gasteiger partial charge in [0.05, 0.1) is 8.07 Å². The SMILES string of the molecule is C[Si](C)(C)C(=C1C=CNC=C1)c1ccccc1. The molecule has 0 radical (unpaired) electrons. The van der Waals surface area contributed by atoms with Crippen LogP contribution in [0.5, 0.6) is 0 Å². The maximum absolute atomic E-state index is 3.09. The van der Waals surface area contributed by atoms with Crippen molar-refractivity contribution in [3.05, 3.63) is 66.0 Å². The van der Waals surface area contributed by atoms with E-state index in [9.17, 15) is 0 Å². The van der Waals surface area contributed by atoms with Crippen LogP contribution in [0.15, 0.2) is 60.5 Å². The fraction of sp³-hybridized carbons (Fsp3) is 0.200. The Hall–Kier alpha value is -1.54. The molecule has 1 N–H and O–H groups in total. The third kappa shape index (κ3) is 2.77. The molecule has 2 rings (SSSR count). The molecule has 1 aliphatic rings. The van der Waals surface area contributed by atoms with Gasteiger partial charge in [-0.2, -0.15) is 0 Å². The first kappa shape index (κ1) is 11.9. The van der Waals surface area contributed by atoms with Crippen molar-refractivity contribution in [2.24, 2.45) is 0 Å². The first-order chi connectivity index (χ1) is 8.09. The van der Waals surface area contributed by atoms with E-state index in [-0.39, 0.29) is 0 Å². The molecule has 1 heterocycles. The van der Waals surface area contributed by atoms with Crippen LogP contribution in [0.1, 0.15) is 5.56 Å². The van der Waals surface area contributed by atoms with Crippen LogP contribution < -0.4 is 5.32 Å². The van der Waals surface area contributed by atoms with Crippen molar-refractivity contribution in [2.75, 3.05) is 0 Å². The Morgan fingerprint density at radius 1 is 0.941 bits per heavy atom. The van der Waals surface area contributed by atoms with Crippen LogP contribution in [0, 0.1) is 0 Å². The summed E-state index contributed by atoms with van der Waals surface area (Å²) < 4.78 is 0. The molecule has 0 bridgehead atoms. The highest BCUT2D eigenvalue weighted by molar-refractivity contribution is 6.94. The van der Waals surface area contributed by atoms with Crippen molar-refractivity contribution in [3.8, 4) is 0 Å². The van der Waals surface area contributed by atoms with Gasteiger partial charge in [0.25, 0.3) is 0 Å². The van der Waals surface area contributed by atoms with Crippen molar-refractivity contribution in [2.45, 2.75) is 19.6 Å². The van der Waals surface area contributed by atoms with Gasteiger partial charge in [0, 0.05) is 12.4 Å². The highest BCUT2D eigenvalue weighted by atomic mass is 28.3. The van der Waals surface area contributed by atoms with Gasteiger partial charge in [0.1, 0.15) is 0 Å². The molecular formula is C15H19NSi. The minimum atomic E-state index is -1.37. The molecule has 88 valence electrons. The zero-order valence-corrected chi connectivity index (χ0v) is 11.7. The number of hydrogen-bond donors (Lipinski definition) is 1. The van der Waals surface area contributed by atoms with E-state index >= 15 is 0 Å². The monoisotopic (exact) mass is 241 g/mol. The van der Waals surface area contributed by atoms with Gasteiger partial charge in [0.2, 0.25) is 0 Å². The maximum Gasteiger partial charge on any atom is 0.0791 e. The number of hydrogen-bond acceptors (Lipinski definition) is 1. The summed E-state index contributed by atoms with van der Waals surface area (Å²) in [5, 5.41) is 4.61. The van der Waals surface area contributed by atoms with Crippen molar-refractivity contribution >= 4 is 13.3 Å². The van der Waals surface area contributed by atoms with Crippen LogP contribution in [0.25, 0.3) is 5.20 Å². The molecule has 0 amide bonds. The minimum absolute atomic E-state index is 1.34. The summed E-state index contributed by atoms with van der Waals surface area (Å²) in [5.41, 5.74) is 2.70. The van der Waals surface area contributed by atoms with Crippen LogP contribution in [-0.2, 0) is 0 Å². The molecular weight excluding hydrogens is 222 g/mol. The van der Waals surface area contributed by atoms with Crippen LogP contribution in [0.2, 0.25) is 19.6 Å². The predicted molar refractivity (Wildman–Crippen MR) is 78.1 cm³/mol. The fourth-order valence-corrected chi connectivity index (χ4v) is 4.26. The molecule has 0 saturated heterocycles. The molecule has 2 heteroatoms. The lowest BCUT2D eigenvalue weighted by Crippen LogP contribution is -2.24. The van der Waals surface area contributed by atoms with E-state index < -0.39 is 8.07 Å². The van der Waals surface area contributed by atoms with E-state index in [1.54, 1.807) is 0 Å². The molecule has 0 spiro atoms. The van der Waals surface area contributed by atoms with Gasteiger partial charge in [-0.1, -0.05) is 50.0 Å². The highest BCUT2D eigenvalue weighted by Crippen LogP contribution is 2.30. The Morgan fingerprint density at radius 2 is 1.53 bits per heavy atom. The van der Waals surface area contributed by atoms with Crippen LogP contribution >= 0.6 is 0 Å². The molecule has 17 heavy (non-hydrogen) atoms. The zero-order valence-electron chi connectivity index (χ0n) is 10.7. The Bertz CT molecular complexity index is 461. The minimum Gasteiger partial charge on any atom is -0.368 e. The molecule has 1 aromatic rings. The predicted octanol–water partition coefficient (Wildman–Crippen LogP) is 3.95. The third-order valence-corrected chi connectivity index (χ3v) is 4.90. The number of nitrogens with one attached hydrogen (secondary N) is 1. The van der Waals surface area contributed by atoms with Crippen molar-refractivity contribution in [3.63, 3.8) is 0 Å². The molecule has 1 aliphatic heterocycles. The summed E-state index contributed by atoms with van der Waals surface area (Å²) in [6, 6.07) is 10.7. The topological polar surface area (TPSA) is 12.0 Å². The van der Waals surface area contributed by atoms with Gasteiger partial charge in [-0.25, -0.2) is 0 Å². The Morgan fingerprint density at radius 3 is 2.06 bits per heavy atom. The lowest BCUT2D eigenvalue weighted by Gasteiger charge is -2.24. The first-order valence-electron chi connectivity index (χ1n) is 5.98. The largest absolute Gasteiger partial charge is 0.368 e. The van der Waals surface area contributed by atoms with Gasteiger partial charge in [0.15, 0.2) is 0 Å². The molecule has 1 nitrogen and oxygen atoms in total. The highest BCUT2D eigenvalue weighted by Gasteiger charge is 2.23. The van der Waals surface area contributed by atoms with E-state index in [4.69, 9.17) is 0 Å². The Kier molecular flexibility index (Phi) is 3.34. The lowest BCUT2D eigenvalue weighted by molar-refractivity contribution is 1.17. The van der Waals surface area contributed by atoms with E-state index in [2.05, 4.69) is 67.4 Å². The van der Waals surface area contributed by atoms with Crippen LogP contribution in [-0.4, -0.2) is 8.07 Å². The lowest BCUT2D eigenvalue weighted by atomic mass is 10.1. The summed E-state index contributed by atoms with van der Waals surface area (Å²) in [6.07, 6.45) is 8.33. The summed E-state index contributed by atoms with van der Waals surface area (Å²) in [7, 11) is -1.37. The van der Waals surface area contributed by atoms with Crippen molar-refractivity contribution in [1.82, 2.24) is 5.32 Å². The second-order valence-electron chi connectivity index (χ2n) is 5.28. The van der Waals surface area contributed by atoms with Crippen LogP contribution in [0.4, 0.5) is 0 Å². The quantitative estimate of drug-likeness (QED) is 0.773. The number of rotatable bonds is 2. The number of benzene rings is 1. The number of dihydropyridines is 1. The van der Waals surface area contributed by atoms with E-state index in [1.165, 1.54) is 16.3 Å². The molecule has 0 atom stereocenters. The third-order valence-electron chi connectivity index (χ3n) is 2.82. The van der Waals surface area contributed by atoms with E-state index in [0.29, 0.717) is 0 Å². The average Bonchev–Trinajstić information content (AvgIpc) is 2.30. The summed E-state index contributed by atoms with van der Waals surface area (Å²) >= 11 is 0. The zero-order chi connectivity index (χ0) is 12.3. The summed E-state index contributed by atoms with van der Waals surface area (Å²) in [6.45, 7) is 7.18. The van der Waals surface area contributed by atoms with E-state index in [1.807, 2.05) is 12.4 Å². The second kappa shape index (κ2) is 4.76. The standard InChI is InChI=1S/C15H19NSi/c1-17(2,3)15(13-7-5-4-6-8-13)14-9-11-16-12-10-14/h4-12,16H,1-3H3. The molecule has 0 saturated carbocycles. The van der Waals surface area contributed by atoms with Gasteiger partial charge in [-0.15, -0.1) is 0 Å². The normalized spacial score (nSPS) is 14.6. The fourth-order valence-electron chi connectivity index (χ4n) is 2.19.